The van der Waals surface area contributed by atoms with Gasteiger partial charge in [0.1, 0.15) is 11.5 Å². The SMILES string of the molecule is CNCc1cn(Cc2nnc(C)n2C)c2ncccc12. The number of aromatic nitrogens is 5. The van der Waals surface area contributed by atoms with E-state index in [4.69, 9.17) is 0 Å². The van der Waals surface area contributed by atoms with Crippen molar-refractivity contribution in [1.82, 2.24) is 29.6 Å². The minimum absolute atomic E-state index is 0.675. The molecule has 0 aliphatic carbocycles. The molecule has 0 aromatic carbocycles. The summed E-state index contributed by atoms with van der Waals surface area (Å²) in [4.78, 5) is 4.49. The van der Waals surface area contributed by atoms with E-state index in [0.29, 0.717) is 6.54 Å². The van der Waals surface area contributed by atoms with Crippen molar-refractivity contribution in [2.75, 3.05) is 7.05 Å². The van der Waals surface area contributed by atoms with Crippen LogP contribution >= 0.6 is 0 Å². The molecule has 3 aromatic heterocycles. The van der Waals surface area contributed by atoms with Gasteiger partial charge < -0.3 is 14.5 Å². The van der Waals surface area contributed by atoms with E-state index < -0.39 is 0 Å². The molecule has 3 rings (SSSR count). The van der Waals surface area contributed by atoms with Crippen molar-refractivity contribution < 1.29 is 0 Å². The summed E-state index contributed by atoms with van der Waals surface area (Å²) in [5.74, 6) is 1.85. The summed E-state index contributed by atoms with van der Waals surface area (Å²) in [6.07, 6.45) is 3.96. The Morgan fingerprint density at radius 1 is 1.30 bits per heavy atom. The number of hydrogen-bond donors (Lipinski definition) is 1. The number of nitrogens with one attached hydrogen (secondary N) is 1. The molecule has 0 radical (unpaired) electrons. The Morgan fingerprint density at radius 3 is 2.85 bits per heavy atom. The first-order valence-electron chi connectivity index (χ1n) is 6.63. The lowest BCUT2D eigenvalue weighted by molar-refractivity contribution is 0.700. The maximum atomic E-state index is 4.49. The molecule has 0 atom stereocenters. The summed E-state index contributed by atoms with van der Waals surface area (Å²) in [6, 6.07) is 4.08. The fourth-order valence-corrected chi connectivity index (χ4v) is 2.39. The summed E-state index contributed by atoms with van der Waals surface area (Å²) in [5.41, 5.74) is 2.23. The lowest BCUT2D eigenvalue weighted by Crippen LogP contribution is -2.07. The molecule has 0 saturated heterocycles. The number of nitrogens with zero attached hydrogens (tertiary/aromatic N) is 5. The summed E-state index contributed by atoms with van der Waals surface area (Å²) in [6.45, 7) is 3.45. The van der Waals surface area contributed by atoms with E-state index in [1.807, 2.05) is 37.8 Å². The Labute approximate surface area is 117 Å². The second-order valence-corrected chi connectivity index (χ2v) is 4.91. The first-order chi connectivity index (χ1) is 9.70. The summed E-state index contributed by atoms with van der Waals surface area (Å²) >= 11 is 0. The highest BCUT2D eigenvalue weighted by molar-refractivity contribution is 5.80. The number of aryl methyl sites for hydroxylation is 1. The van der Waals surface area contributed by atoms with E-state index >= 15 is 0 Å². The molecule has 0 amide bonds. The normalized spacial score (nSPS) is 11.3. The van der Waals surface area contributed by atoms with Crippen LogP contribution in [-0.4, -0.2) is 31.4 Å². The van der Waals surface area contributed by atoms with Crippen molar-refractivity contribution in [3.05, 3.63) is 41.7 Å². The summed E-state index contributed by atoms with van der Waals surface area (Å²) < 4.78 is 4.14. The van der Waals surface area contributed by atoms with Gasteiger partial charge in [0.15, 0.2) is 5.82 Å². The van der Waals surface area contributed by atoms with Crippen LogP contribution in [0.3, 0.4) is 0 Å². The lowest BCUT2D eigenvalue weighted by Gasteiger charge is -2.04. The standard InChI is InChI=1S/C14H18N6/c1-10-17-18-13(19(10)3)9-20-8-11(7-15-2)12-5-4-6-16-14(12)20/h4-6,8,15H,7,9H2,1-3H3. The number of pyridine rings is 1. The molecule has 3 heterocycles. The van der Waals surface area contributed by atoms with Crippen LogP contribution in [0.15, 0.2) is 24.5 Å². The fraction of sp³-hybridized carbons (Fsp3) is 0.357. The van der Waals surface area contributed by atoms with Crippen LogP contribution in [0.25, 0.3) is 11.0 Å². The molecular weight excluding hydrogens is 252 g/mol. The average Bonchev–Trinajstić information content (AvgIpc) is 2.96. The Morgan fingerprint density at radius 2 is 2.15 bits per heavy atom. The number of hydrogen-bond acceptors (Lipinski definition) is 4. The van der Waals surface area contributed by atoms with E-state index in [9.17, 15) is 0 Å². The van der Waals surface area contributed by atoms with E-state index in [0.717, 1.165) is 23.8 Å². The molecule has 0 aliphatic heterocycles. The van der Waals surface area contributed by atoms with Crippen molar-refractivity contribution in [1.29, 1.82) is 0 Å². The first kappa shape index (κ1) is 12.8. The quantitative estimate of drug-likeness (QED) is 0.775. The zero-order valence-electron chi connectivity index (χ0n) is 12.0. The lowest BCUT2D eigenvalue weighted by atomic mass is 10.2. The van der Waals surface area contributed by atoms with Gasteiger partial charge in [0.2, 0.25) is 0 Å². The van der Waals surface area contributed by atoms with Crippen molar-refractivity contribution in [3.8, 4) is 0 Å². The summed E-state index contributed by atoms with van der Waals surface area (Å²) in [5, 5.41) is 12.7. The molecule has 0 aliphatic rings. The highest BCUT2D eigenvalue weighted by Gasteiger charge is 2.12. The highest BCUT2D eigenvalue weighted by Crippen LogP contribution is 2.20. The molecule has 0 bridgehead atoms. The van der Waals surface area contributed by atoms with Gasteiger partial charge in [0, 0.05) is 31.4 Å². The van der Waals surface area contributed by atoms with Gasteiger partial charge in [-0.2, -0.15) is 0 Å². The Hall–Kier alpha value is -2.21. The largest absolute Gasteiger partial charge is 0.325 e. The van der Waals surface area contributed by atoms with E-state index in [1.165, 1.54) is 10.9 Å². The molecule has 3 aromatic rings. The molecule has 0 saturated carbocycles. The Bertz CT molecular complexity index is 739. The van der Waals surface area contributed by atoms with E-state index in [-0.39, 0.29) is 0 Å². The van der Waals surface area contributed by atoms with Crippen LogP contribution < -0.4 is 5.32 Å². The van der Waals surface area contributed by atoms with Crippen LogP contribution in [0.5, 0.6) is 0 Å². The van der Waals surface area contributed by atoms with Gasteiger partial charge in [-0.15, -0.1) is 10.2 Å². The smallest absolute Gasteiger partial charge is 0.152 e. The zero-order valence-corrected chi connectivity index (χ0v) is 12.0. The van der Waals surface area contributed by atoms with Gasteiger partial charge in [-0.05, 0) is 31.7 Å². The van der Waals surface area contributed by atoms with Gasteiger partial charge >= 0.3 is 0 Å². The van der Waals surface area contributed by atoms with E-state index in [2.05, 4.69) is 37.3 Å². The van der Waals surface area contributed by atoms with Crippen LogP contribution in [-0.2, 0) is 20.1 Å². The molecular formula is C14H18N6. The molecule has 0 fully saturated rings. The average molecular weight is 270 g/mol. The molecule has 20 heavy (non-hydrogen) atoms. The van der Waals surface area contributed by atoms with Crippen molar-refractivity contribution in [2.24, 2.45) is 7.05 Å². The second-order valence-electron chi connectivity index (χ2n) is 4.91. The maximum absolute atomic E-state index is 4.49. The van der Waals surface area contributed by atoms with Gasteiger partial charge in [-0.25, -0.2) is 4.98 Å². The van der Waals surface area contributed by atoms with Gasteiger partial charge in [-0.3, -0.25) is 0 Å². The topological polar surface area (TPSA) is 60.6 Å². The van der Waals surface area contributed by atoms with Crippen LogP contribution in [0.4, 0.5) is 0 Å². The predicted molar refractivity (Wildman–Crippen MR) is 77.3 cm³/mol. The molecule has 0 spiro atoms. The van der Waals surface area contributed by atoms with Crippen molar-refractivity contribution in [3.63, 3.8) is 0 Å². The first-order valence-corrected chi connectivity index (χ1v) is 6.63. The van der Waals surface area contributed by atoms with E-state index in [1.54, 1.807) is 0 Å². The van der Waals surface area contributed by atoms with Crippen molar-refractivity contribution >= 4 is 11.0 Å². The molecule has 0 unspecified atom stereocenters. The van der Waals surface area contributed by atoms with Crippen LogP contribution in [0.2, 0.25) is 0 Å². The van der Waals surface area contributed by atoms with Gasteiger partial charge in [-0.1, -0.05) is 0 Å². The monoisotopic (exact) mass is 270 g/mol. The minimum Gasteiger partial charge on any atom is -0.325 e. The molecule has 6 heteroatoms. The van der Waals surface area contributed by atoms with Crippen LogP contribution in [0, 0.1) is 6.92 Å². The summed E-state index contributed by atoms with van der Waals surface area (Å²) in [7, 11) is 3.93. The van der Waals surface area contributed by atoms with Crippen molar-refractivity contribution in [2.45, 2.75) is 20.0 Å². The third-order valence-electron chi connectivity index (χ3n) is 3.58. The second kappa shape index (κ2) is 5.05. The highest BCUT2D eigenvalue weighted by atomic mass is 15.3. The zero-order chi connectivity index (χ0) is 14.1. The number of fused-ring (bicyclic) bond motifs is 1. The number of rotatable bonds is 4. The molecule has 6 nitrogen and oxygen atoms in total. The molecule has 104 valence electrons. The minimum atomic E-state index is 0.675. The third kappa shape index (κ3) is 2.08. The third-order valence-corrected chi connectivity index (χ3v) is 3.58. The van der Waals surface area contributed by atoms with Gasteiger partial charge in [0.05, 0.1) is 6.54 Å². The van der Waals surface area contributed by atoms with Gasteiger partial charge in [0.25, 0.3) is 0 Å². The van der Waals surface area contributed by atoms with Crippen LogP contribution in [0.1, 0.15) is 17.2 Å². The predicted octanol–water partition coefficient (Wildman–Crippen LogP) is 1.24. The Kier molecular flexibility index (Phi) is 3.23. The molecule has 1 N–H and O–H groups in total. The fourth-order valence-electron chi connectivity index (χ4n) is 2.39. The maximum Gasteiger partial charge on any atom is 0.152 e. The Balaban J connectivity index is 2.05.